The minimum Gasteiger partial charge on any atom is -0.349 e. The summed E-state index contributed by atoms with van der Waals surface area (Å²) in [7, 11) is 0. The Hall–Kier alpha value is -0.120. The third-order valence-corrected chi connectivity index (χ3v) is 12.7. The summed E-state index contributed by atoms with van der Waals surface area (Å²) in [5.74, 6) is 0.0611. The summed E-state index contributed by atoms with van der Waals surface area (Å²) < 4.78 is 22.0. The molecule has 2 fully saturated rings. The van der Waals surface area contributed by atoms with Crippen LogP contribution in [0.2, 0.25) is 0 Å². The van der Waals surface area contributed by atoms with Gasteiger partial charge in [-0.2, -0.15) is 0 Å². The fourth-order valence-corrected chi connectivity index (χ4v) is 9.40. The number of hydrogen-bond donors (Lipinski definition) is 0. The van der Waals surface area contributed by atoms with Gasteiger partial charge in [0.25, 0.3) is 0 Å². The zero-order valence-corrected chi connectivity index (χ0v) is 35.7. The molecule has 3 nitrogen and oxygen atoms in total. The summed E-state index contributed by atoms with van der Waals surface area (Å²) in [6.07, 6.45) is 50.6. The van der Waals surface area contributed by atoms with E-state index >= 15 is 0 Å². The zero-order chi connectivity index (χ0) is 36.6. The van der Waals surface area contributed by atoms with E-state index in [1.807, 2.05) is 0 Å². The predicted molar refractivity (Wildman–Crippen MR) is 224 cm³/mol. The first-order chi connectivity index (χ1) is 25.2. The smallest absolute Gasteiger partial charge is 0.174 e. The summed E-state index contributed by atoms with van der Waals surface area (Å²) >= 11 is 0. The standard InChI is InChI=1S/C48H94O3/c1-5-9-13-17-21-23-27-31-39-45(37-29-25-19-15-11-7-3)47(41-33-35-43-49-47)51-48(42-34-36-44-50-48)46(38-30-26-20-16-12-8-4)40-32-28-24-22-18-14-10-6-2/h45-46H,5-44H2,1-4H3. The van der Waals surface area contributed by atoms with Crippen molar-refractivity contribution in [2.45, 2.75) is 283 Å². The van der Waals surface area contributed by atoms with Crippen molar-refractivity contribution in [2.24, 2.45) is 11.8 Å². The molecule has 2 saturated heterocycles. The Morgan fingerprint density at radius 3 is 0.843 bits per heavy atom. The van der Waals surface area contributed by atoms with Gasteiger partial charge in [-0.1, -0.05) is 207 Å². The summed E-state index contributed by atoms with van der Waals surface area (Å²) in [5, 5.41) is 0. The fraction of sp³-hybridized carbons (Fsp3) is 1.00. The van der Waals surface area contributed by atoms with E-state index in [4.69, 9.17) is 14.2 Å². The molecule has 2 aliphatic rings. The molecule has 0 aromatic carbocycles. The van der Waals surface area contributed by atoms with E-state index in [1.54, 1.807) is 0 Å². The van der Waals surface area contributed by atoms with Crippen LogP contribution in [0.5, 0.6) is 0 Å². The molecular weight excluding hydrogens is 625 g/mol. The summed E-state index contributed by atoms with van der Waals surface area (Å²) in [6, 6.07) is 0. The van der Waals surface area contributed by atoms with E-state index in [0.29, 0.717) is 11.8 Å². The lowest BCUT2D eigenvalue weighted by molar-refractivity contribution is -0.408. The first-order valence-corrected chi connectivity index (χ1v) is 24.1. The molecule has 0 aliphatic carbocycles. The van der Waals surface area contributed by atoms with E-state index in [9.17, 15) is 0 Å². The van der Waals surface area contributed by atoms with E-state index in [-0.39, 0.29) is 0 Å². The van der Waals surface area contributed by atoms with Crippen molar-refractivity contribution in [1.29, 1.82) is 0 Å². The van der Waals surface area contributed by atoms with Crippen LogP contribution in [0.4, 0.5) is 0 Å². The van der Waals surface area contributed by atoms with E-state index < -0.39 is 11.6 Å². The van der Waals surface area contributed by atoms with Gasteiger partial charge in [-0.15, -0.1) is 0 Å². The Bertz CT molecular complexity index is 664. The Balaban J connectivity index is 2.22. The van der Waals surface area contributed by atoms with E-state index in [0.717, 1.165) is 26.1 Å². The van der Waals surface area contributed by atoms with Crippen molar-refractivity contribution in [3.05, 3.63) is 0 Å². The average molecular weight is 719 g/mol. The molecule has 3 heteroatoms. The van der Waals surface area contributed by atoms with Gasteiger partial charge in [-0.05, 0) is 51.4 Å². The van der Waals surface area contributed by atoms with Crippen LogP contribution in [0.25, 0.3) is 0 Å². The molecule has 0 aromatic rings. The van der Waals surface area contributed by atoms with Gasteiger partial charge in [0, 0.05) is 24.7 Å². The molecule has 0 amide bonds. The molecule has 2 rings (SSSR count). The lowest BCUT2D eigenvalue weighted by Crippen LogP contribution is -2.57. The topological polar surface area (TPSA) is 27.7 Å². The molecule has 0 bridgehead atoms. The van der Waals surface area contributed by atoms with Crippen LogP contribution in [0.15, 0.2) is 0 Å². The van der Waals surface area contributed by atoms with Crippen LogP contribution >= 0.6 is 0 Å². The van der Waals surface area contributed by atoms with Crippen LogP contribution in [0, 0.1) is 11.8 Å². The number of unbranched alkanes of at least 4 members (excludes halogenated alkanes) is 24. The van der Waals surface area contributed by atoms with E-state index in [2.05, 4.69) is 27.7 Å². The highest BCUT2D eigenvalue weighted by molar-refractivity contribution is 4.91. The maximum absolute atomic E-state index is 7.82. The highest BCUT2D eigenvalue weighted by Crippen LogP contribution is 2.48. The molecule has 2 heterocycles. The van der Waals surface area contributed by atoms with Gasteiger partial charge < -0.3 is 14.2 Å². The quantitative estimate of drug-likeness (QED) is 0.0604. The monoisotopic (exact) mass is 719 g/mol. The first-order valence-electron chi connectivity index (χ1n) is 24.1. The third-order valence-electron chi connectivity index (χ3n) is 12.7. The highest BCUT2D eigenvalue weighted by Gasteiger charge is 2.52. The lowest BCUT2D eigenvalue weighted by atomic mass is 9.80. The van der Waals surface area contributed by atoms with Gasteiger partial charge >= 0.3 is 0 Å². The van der Waals surface area contributed by atoms with E-state index in [1.165, 1.54) is 231 Å². The SMILES string of the molecule is CCCCCCCCCCC(CCCCCCCC)C1(OC2(C(CCCCCCCC)CCCCCCCCCC)CCCCO2)CCCCO1. The predicted octanol–water partition coefficient (Wildman–Crippen LogP) is 16.6. The van der Waals surface area contributed by atoms with Gasteiger partial charge in [0.2, 0.25) is 0 Å². The number of ether oxygens (including phenoxy) is 3. The summed E-state index contributed by atoms with van der Waals surface area (Å²) in [5.41, 5.74) is 0. The summed E-state index contributed by atoms with van der Waals surface area (Å²) in [6.45, 7) is 11.0. The molecule has 0 spiro atoms. The van der Waals surface area contributed by atoms with Crippen molar-refractivity contribution < 1.29 is 14.2 Å². The van der Waals surface area contributed by atoms with Crippen LogP contribution in [0.1, 0.15) is 272 Å². The molecule has 0 radical (unpaired) electrons. The van der Waals surface area contributed by atoms with Gasteiger partial charge in [0.05, 0.1) is 13.2 Å². The second-order valence-corrected chi connectivity index (χ2v) is 17.4. The molecule has 0 aromatic heterocycles. The Labute approximate surface area is 321 Å². The third kappa shape index (κ3) is 20.9. The van der Waals surface area contributed by atoms with Gasteiger partial charge in [-0.3, -0.25) is 0 Å². The Kier molecular flexibility index (Phi) is 29.7. The largest absolute Gasteiger partial charge is 0.349 e. The zero-order valence-electron chi connectivity index (χ0n) is 35.7. The minimum atomic E-state index is -0.460. The fourth-order valence-electron chi connectivity index (χ4n) is 9.40. The molecule has 4 atom stereocenters. The van der Waals surface area contributed by atoms with Crippen LogP contribution < -0.4 is 0 Å². The number of hydrogen-bond acceptors (Lipinski definition) is 3. The Morgan fingerprint density at radius 2 is 0.608 bits per heavy atom. The molecule has 0 N–H and O–H groups in total. The Morgan fingerprint density at radius 1 is 0.353 bits per heavy atom. The average Bonchev–Trinajstić information content (AvgIpc) is 3.15. The number of rotatable bonds is 36. The second-order valence-electron chi connectivity index (χ2n) is 17.4. The summed E-state index contributed by atoms with van der Waals surface area (Å²) in [4.78, 5) is 0. The maximum atomic E-state index is 7.82. The first kappa shape index (κ1) is 47.0. The maximum Gasteiger partial charge on any atom is 0.174 e. The van der Waals surface area contributed by atoms with Crippen molar-refractivity contribution in [3.63, 3.8) is 0 Å². The molecule has 4 unspecified atom stereocenters. The van der Waals surface area contributed by atoms with Gasteiger partial charge in [0.15, 0.2) is 11.6 Å². The molecular formula is C48H94O3. The normalized spacial score (nSPS) is 22.4. The van der Waals surface area contributed by atoms with Crippen molar-refractivity contribution in [1.82, 2.24) is 0 Å². The van der Waals surface area contributed by atoms with Crippen molar-refractivity contribution in [2.75, 3.05) is 13.2 Å². The van der Waals surface area contributed by atoms with Crippen molar-refractivity contribution >= 4 is 0 Å². The lowest BCUT2D eigenvalue weighted by Gasteiger charge is -2.52. The highest BCUT2D eigenvalue weighted by atomic mass is 16.8. The van der Waals surface area contributed by atoms with Crippen LogP contribution in [-0.4, -0.2) is 24.8 Å². The molecule has 304 valence electrons. The molecule has 51 heavy (non-hydrogen) atoms. The molecule has 2 aliphatic heterocycles. The van der Waals surface area contributed by atoms with Crippen LogP contribution in [0.3, 0.4) is 0 Å². The molecule has 0 saturated carbocycles. The van der Waals surface area contributed by atoms with Gasteiger partial charge in [-0.25, -0.2) is 0 Å². The second kappa shape index (κ2) is 32.2. The minimum absolute atomic E-state index is 0.460. The van der Waals surface area contributed by atoms with Gasteiger partial charge in [0.1, 0.15) is 0 Å². The van der Waals surface area contributed by atoms with Crippen molar-refractivity contribution in [3.8, 4) is 0 Å². The van der Waals surface area contributed by atoms with Crippen LogP contribution in [-0.2, 0) is 14.2 Å².